The van der Waals surface area contributed by atoms with Crippen molar-refractivity contribution in [3.05, 3.63) is 56.2 Å². The molecule has 17 heavy (non-hydrogen) atoms. The molecule has 1 aromatic carbocycles. The molecule has 1 nitrogen and oxygen atoms in total. The lowest BCUT2D eigenvalue weighted by Gasteiger charge is -2.28. The van der Waals surface area contributed by atoms with E-state index in [0.717, 1.165) is 15.1 Å². The van der Waals surface area contributed by atoms with Gasteiger partial charge in [0.2, 0.25) is 0 Å². The summed E-state index contributed by atoms with van der Waals surface area (Å²) in [4.78, 5) is 13.3. The van der Waals surface area contributed by atoms with Crippen LogP contribution in [0.15, 0.2) is 40.2 Å². The highest BCUT2D eigenvalue weighted by Gasteiger charge is 2.31. The Hall–Kier alpha value is -0.930. The average Bonchev–Trinajstić information content (AvgIpc) is 2.66. The summed E-state index contributed by atoms with van der Waals surface area (Å²) in [6.45, 7) is 0. The first-order chi connectivity index (χ1) is 8.24. The molecule has 0 spiro atoms. The fourth-order valence-electron chi connectivity index (χ4n) is 2.29. The third kappa shape index (κ3) is 2.09. The van der Waals surface area contributed by atoms with Crippen molar-refractivity contribution in [3.63, 3.8) is 0 Å². The fourth-order valence-corrected chi connectivity index (χ4v) is 3.78. The van der Waals surface area contributed by atoms with Crippen LogP contribution in [0, 0.1) is 0 Å². The number of ketones is 1. The van der Waals surface area contributed by atoms with Crippen molar-refractivity contribution >= 4 is 33.0 Å². The zero-order chi connectivity index (χ0) is 11.8. The maximum Gasteiger partial charge on any atom is 0.145 e. The van der Waals surface area contributed by atoms with Gasteiger partial charge in [-0.2, -0.15) is 0 Å². The Balaban J connectivity index is 1.73. The normalized spacial score (nSPS) is 17.4. The number of hydrogen-bond donors (Lipinski definition) is 0. The number of benzene rings is 1. The summed E-state index contributed by atoms with van der Waals surface area (Å²) in [6.07, 6.45) is 1.48. The first-order valence-corrected chi connectivity index (χ1v) is 7.20. The molecule has 0 bridgehead atoms. The summed E-state index contributed by atoms with van der Waals surface area (Å²) in [5.74, 6) is 0.477. The molecule has 0 radical (unpaired) electrons. The molecular formula is C14H11BrOS. The summed E-state index contributed by atoms with van der Waals surface area (Å²) in [7, 11) is 0. The number of hydrogen-bond acceptors (Lipinski definition) is 2. The van der Waals surface area contributed by atoms with Gasteiger partial charge in [-0.3, -0.25) is 4.79 Å². The van der Waals surface area contributed by atoms with Crippen LogP contribution in [0.25, 0.3) is 0 Å². The van der Waals surface area contributed by atoms with E-state index in [4.69, 9.17) is 0 Å². The number of carbonyl (C=O) groups is 1. The van der Waals surface area contributed by atoms with E-state index in [2.05, 4.69) is 28.1 Å². The molecule has 1 aliphatic carbocycles. The molecular weight excluding hydrogens is 296 g/mol. The first-order valence-electron chi connectivity index (χ1n) is 5.59. The zero-order valence-corrected chi connectivity index (χ0v) is 11.6. The largest absolute Gasteiger partial charge is 0.299 e. The van der Waals surface area contributed by atoms with Gasteiger partial charge in [-0.25, -0.2) is 0 Å². The van der Waals surface area contributed by atoms with Crippen LogP contribution in [0.4, 0.5) is 0 Å². The third-order valence-electron chi connectivity index (χ3n) is 3.22. The number of Topliss-reactive ketones (excluding diaryl/α,β-unsaturated/α-hetero) is 1. The van der Waals surface area contributed by atoms with E-state index in [-0.39, 0.29) is 5.92 Å². The predicted octanol–water partition coefficient (Wildman–Crippen LogP) is 3.96. The average molecular weight is 307 g/mol. The van der Waals surface area contributed by atoms with E-state index in [1.807, 2.05) is 24.3 Å². The Labute approximate surface area is 113 Å². The van der Waals surface area contributed by atoms with Gasteiger partial charge < -0.3 is 0 Å². The summed E-state index contributed by atoms with van der Waals surface area (Å²) in [5, 5.41) is 0. The molecule has 3 rings (SSSR count). The van der Waals surface area contributed by atoms with Crippen LogP contribution < -0.4 is 0 Å². The van der Waals surface area contributed by atoms with Crippen LogP contribution in [-0.4, -0.2) is 5.78 Å². The molecule has 3 heteroatoms. The van der Waals surface area contributed by atoms with E-state index in [9.17, 15) is 4.79 Å². The highest BCUT2D eigenvalue weighted by Crippen LogP contribution is 2.36. The Bertz CT molecular complexity index is 573. The second-order valence-electron chi connectivity index (χ2n) is 4.30. The van der Waals surface area contributed by atoms with Crippen LogP contribution >= 0.6 is 27.3 Å². The van der Waals surface area contributed by atoms with Crippen molar-refractivity contribution in [1.82, 2.24) is 0 Å². The number of fused-ring (bicyclic) bond motifs is 1. The molecule has 0 fully saturated rings. The van der Waals surface area contributed by atoms with Crippen molar-refractivity contribution in [2.24, 2.45) is 0 Å². The van der Waals surface area contributed by atoms with Crippen LogP contribution in [0.2, 0.25) is 0 Å². The Morgan fingerprint density at radius 3 is 2.82 bits per heavy atom. The van der Waals surface area contributed by atoms with Crippen molar-refractivity contribution in [2.45, 2.75) is 18.8 Å². The van der Waals surface area contributed by atoms with E-state index in [1.165, 1.54) is 11.1 Å². The first kappa shape index (κ1) is 11.2. The van der Waals surface area contributed by atoms with Gasteiger partial charge in [0.15, 0.2) is 0 Å². The maximum atomic E-state index is 12.2. The van der Waals surface area contributed by atoms with Crippen molar-refractivity contribution in [3.8, 4) is 0 Å². The lowest BCUT2D eigenvalue weighted by Crippen LogP contribution is -2.26. The van der Waals surface area contributed by atoms with Gasteiger partial charge in [0.25, 0.3) is 0 Å². The number of thiophene rings is 1. The maximum absolute atomic E-state index is 12.2. The SMILES string of the molecule is O=C(Cc1ccc(Br)s1)C1Cc2ccccc21. The van der Waals surface area contributed by atoms with Gasteiger partial charge in [-0.15, -0.1) is 11.3 Å². The monoisotopic (exact) mass is 306 g/mol. The van der Waals surface area contributed by atoms with Crippen LogP contribution in [0.3, 0.4) is 0 Å². The Morgan fingerprint density at radius 2 is 2.12 bits per heavy atom. The lowest BCUT2D eigenvalue weighted by molar-refractivity contribution is -0.120. The minimum absolute atomic E-state index is 0.132. The van der Waals surface area contributed by atoms with E-state index >= 15 is 0 Å². The molecule has 1 heterocycles. The molecule has 86 valence electrons. The molecule has 1 unspecified atom stereocenters. The number of carbonyl (C=O) groups excluding carboxylic acids is 1. The van der Waals surface area contributed by atoms with Crippen molar-refractivity contribution in [2.75, 3.05) is 0 Å². The molecule has 0 aliphatic heterocycles. The van der Waals surface area contributed by atoms with E-state index in [1.54, 1.807) is 11.3 Å². The zero-order valence-electron chi connectivity index (χ0n) is 9.15. The second kappa shape index (κ2) is 4.39. The van der Waals surface area contributed by atoms with Gasteiger partial charge in [0.05, 0.1) is 3.79 Å². The lowest BCUT2D eigenvalue weighted by atomic mass is 9.74. The summed E-state index contributed by atoms with van der Waals surface area (Å²) in [6, 6.07) is 12.3. The van der Waals surface area contributed by atoms with E-state index < -0.39 is 0 Å². The fraction of sp³-hybridized carbons (Fsp3) is 0.214. The van der Waals surface area contributed by atoms with Crippen LogP contribution in [0.1, 0.15) is 21.9 Å². The van der Waals surface area contributed by atoms with Gasteiger partial charge in [-0.1, -0.05) is 24.3 Å². The van der Waals surface area contributed by atoms with Crippen molar-refractivity contribution < 1.29 is 4.79 Å². The summed E-state index contributed by atoms with van der Waals surface area (Å²) in [5.41, 5.74) is 2.56. The molecule has 0 saturated carbocycles. The number of rotatable bonds is 3. The van der Waals surface area contributed by atoms with Gasteiger partial charge in [-0.05, 0) is 45.6 Å². The molecule has 1 aromatic heterocycles. The molecule has 1 atom stereocenters. The third-order valence-corrected chi connectivity index (χ3v) is 4.84. The minimum Gasteiger partial charge on any atom is -0.299 e. The summed E-state index contributed by atoms with van der Waals surface area (Å²) >= 11 is 5.07. The Kier molecular flexibility index (Phi) is 2.89. The predicted molar refractivity (Wildman–Crippen MR) is 73.6 cm³/mol. The highest BCUT2D eigenvalue weighted by atomic mass is 79.9. The summed E-state index contributed by atoms with van der Waals surface area (Å²) < 4.78 is 1.09. The molecule has 1 aliphatic rings. The Morgan fingerprint density at radius 1 is 1.29 bits per heavy atom. The minimum atomic E-state index is 0.132. The van der Waals surface area contributed by atoms with Gasteiger partial charge in [0.1, 0.15) is 5.78 Å². The van der Waals surface area contributed by atoms with Crippen LogP contribution in [-0.2, 0) is 17.6 Å². The molecule has 0 amide bonds. The quantitative estimate of drug-likeness (QED) is 0.839. The second-order valence-corrected chi connectivity index (χ2v) is 6.85. The van der Waals surface area contributed by atoms with Gasteiger partial charge >= 0.3 is 0 Å². The molecule has 2 aromatic rings. The van der Waals surface area contributed by atoms with Gasteiger partial charge in [0, 0.05) is 17.2 Å². The highest BCUT2D eigenvalue weighted by molar-refractivity contribution is 9.11. The number of halogens is 1. The van der Waals surface area contributed by atoms with Crippen LogP contribution in [0.5, 0.6) is 0 Å². The standard InChI is InChI=1S/C14H11BrOS/c15-14-6-5-10(17-14)8-13(16)12-7-9-3-1-2-4-11(9)12/h1-6,12H,7-8H2. The van der Waals surface area contributed by atoms with Crippen molar-refractivity contribution in [1.29, 1.82) is 0 Å². The topological polar surface area (TPSA) is 17.1 Å². The molecule has 0 saturated heterocycles. The molecule has 0 N–H and O–H groups in total. The smallest absolute Gasteiger partial charge is 0.145 e. The van der Waals surface area contributed by atoms with E-state index in [0.29, 0.717) is 12.2 Å².